The van der Waals surface area contributed by atoms with Gasteiger partial charge in [0.05, 0.1) is 0 Å². The van der Waals surface area contributed by atoms with Crippen LogP contribution in [0.3, 0.4) is 0 Å². The Morgan fingerprint density at radius 3 is 2.14 bits per heavy atom. The normalized spacial score (nSPS) is 11.5. The monoisotopic (exact) mass is 192 g/mol. The highest BCUT2D eigenvalue weighted by molar-refractivity contribution is 5.47. The van der Waals surface area contributed by atoms with Crippen LogP contribution in [-0.4, -0.2) is 19.1 Å². The highest BCUT2D eigenvalue weighted by atomic mass is 15.1. The van der Waals surface area contributed by atoms with Gasteiger partial charge < -0.3 is 10.6 Å². The summed E-state index contributed by atoms with van der Waals surface area (Å²) >= 11 is 0. The van der Waals surface area contributed by atoms with Crippen LogP contribution in [0.1, 0.15) is 19.4 Å². The molecular weight excluding hydrogens is 172 g/mol. The molecule has 0 radical (unpaired) electrons. The number of benzene rings is 1. The first-order valence-electron chi connectivity index (χ1n) is 4.95. The third-order valence-corrected chi connectivity index (χ3v) is 2.12. The minimum Gasteiger partial charge on any atom is -0.373 e. The van der Waals surface area contributed by atoms with Crippen LogP contribution < -0.4 is 10.6 Å². The van der Waals surface area contributed by atoms with Gasteiger partial charge >= 0.3 is 0 Å². The van der Waals surface area contributed by atoms with Crippen molar-refractivity contribution in [2.24, 2.45) is 5.73 Å². The number of nitrogens with zero attached hydrogens (tertiary/aromatic N) is 1. The molecule has 0 amide bonds. The molecule has 2 heteroatoms. The molecule has 1 aromatic rings. The molecule has 0 atom stereocenters. The average Bonchev–Trinajstić information content (AvgIpc) is 2.02. The summed E-state index contributed by atoms with van der Waals surface area (Å²) in [5.41, 5.74) is 8.31. The van der Waals surface area contributed by atoms with Gasteiger partial charge in [0.1, 0.15) is 0 Å². The first-order chi connectivity index (χ1) is 6.38. The molecule has 0 heterocycles. The van der Waals surface area contributed by atoms with Crippen LogP contribution in [0, 0.1) is 6.92 Å². The molecule has 0 aliphatic carbocycles. The molecule has 78 valence electrons. The molecule has 14 heavy (non-hydrogen) atoms. The Hall–Kier alpha value is -1.02. The van der Waals surface area contributed by atoms with Crippen LogP contribution in [0.25, 0.3) is 0 Å². The number of hydrogen-bond donors (Lipinski definition) is 1. The first-order valence-corrected chi connectivity index (χ1v) is 4.95. The van der Waals surface area contributed by atoms with Crippen molar-refractivity contribution >= 4 is 5.69 Å². The van der Waals surface area contributed by atoms with E-state index < -0.39 is 0 Å². The Morgan fingerprint density at radius 1 is 1.21 bits per heavy atom. The molecule has 0 aromatic heterocycles. The van der Waals surface area contributed by atoms with Gasteiger partial charge in [0.25, 0.3) is 0 Å². The summed E-state index contributed by atoms with van der Waals surface area (Å²) in [4.78, 5) is 2.18. The van der Waals surface area contributed by atoms with Gasteiger partial charge in [-0.05, 0) is 32.9 Å². The van der Waals surface area contributed by atoms with Crippen molar-refractivity contribution in [2.45, 2.75) is 26.3 Å². The van der Waals surface area contributed by atoms with E-state index in [1.807, 2.05) is 13.8 Å². The molecule has 0 bridgehead atoms. The highest BCUT2D eigenvalue weighted by Gasteiger charge is 2.13. The standard InChI is InChI=1S/C12H20N2/c1-10-5-7-11(8-6-10)14(4)9-12(2,3)13/h5-8H,9,13H2,1-4H3. The summed E-state index contributed by atoms with van der Waals surface area (Å²) in [5.74, 6) is 0. The van der Waals surface area contributed by atoms with Gasteiger partial charge in [-0.15, -0.1) is 0 Å². The predicted molar refractivity (Wildman–Crippen MR) is 62.7 cm³/mol. The minimum atomic E-state index is -0.153. The SMILES string of the molecule is Cc1ccc(N(C)CC(C)(C)N)cc1. The van der Waals surface area contributed by atoms with Gasteiger partial charge in [0.2, 0.25) is 0 Å². The van der Waals surface area contributed by atoms with Gasteiger partial charge in [-0.2, -0.15) is 0 Å². The van der Waals surface area contributed by atoms with Crippen molar-refractivity contribution in [3.63, 3.8) is 0 Å². The number of likely N-dealkylation sites (N-methyl/N-ethyl adjacent to an activating group) is 1. The van der Waals surface area contributed by atoms with Crippen molar-refractivity contribution in [1.29, 1.82) is 0 Å². The number of hydrogen-bond acceptors (Lipinski definition) is 2. The lowest BCUT2D eigenvalue weighted by Gasteiger charge is -2.28. The zero-order valence-corrected chi connectivity index (χ0v) is 9.54. The third-order valence-electron chi connectivity index (χ3n) is 2.12. The van der Waals surface area contributed by atoms with E-state index in [1.165, 1.54) is 11.3 Å². The fourth-order valence-electron chi connectivity index (χ4n) is 1.50. The van der Waals surface area contributed by atoms with E-state index in [2.05, 4.69) is 43.1 Å². The smallest absolute Gasteiger partial charge is 0.0364 e. The van der Waals surface area contributed by atoms with Crippen molar-refractivity contribution < 1.29 is 0 Å². The van der Waals surface area contributed by atoms with Gasteiger partial charge in [0.15, 0.2) is 0 Å². The maximum Gasteiger partial charge on any atom is 0.0364 e. The number of rotatable bonds is 3. The average molecular weight is 192 g/mol. The van der Waals surface area contributed by atoms with E-state index in [-0.39, 0.29) is 5.54 Å². The van der Waals surface area contributed by atoms with E-state index in [1.54, 1.807) is 0 Å². The lowest BCUT2D eigenvalue weighted by molar-refractivity contribution is 0.519. The number of anilines is 1. The number of aryl methyl sites for hydroxylation is 1. The van der Waals surface area contributed by atoms with E-state index in [0.29, 0.717) is 0 Å². The van der Waals surface area contributed by atoms with E-state index in [4.69, 9.17) is 5.73 Å². The van der Waals surface area contributed by atoms with Gasteiger partial charge in [-0.1, -0.05) is 17.7 Å². The van der Waals surface area contributed by atoms with Crippen LogP contribution in [0.5, 0.6) is 0 Å². The van der Waals surface area contributed by atoms with Crippen LogP contribution in [-0.2, 0) is 0 Å². The van der Waals surface area contributed by atoms with Crippen LogP contribution >= 0.6 is 0 Å². The Balaban J connectivity index is 2.70. The zero-order valence-electron chi connectivity index (χ0n) is 9.54. The molecule has 0 saturated carbocycles. The molecular formula is C12H20N2. The van der Waals surface area contributed by atoms with E-state index in [0.717, 1.165) is 6.54 Å². The maximum atomic E-state index is 5.96. The van der Waals surface area contributed by atoms with E-state index in [9.17, 15) is 0 Å². The third kappa shape index (κ3) is 3.38. The van der Waals surface area contributed by atoms with Crippen molar-refractivity contribution in [3.05, 3.63) is 29.8 Å². The molecule has 0 saturated heterocycles. The fourth-order valence-corrected chi connectivity index (χ4v) is 1.50. The second-order valence-corrected chi connectivity index (χ2v) is 4.68. The highest BCUT2D eigenvalue weighted by Crippen LogP contribution is 2.15. The molecule has 0 fully saturated rings. The zero-order chi connectivity index (χ0) is 10.8. The van der Waals surface area contributed by atoms with Crippen molar-refractivity contribution in [2.75, 3.05) is 18.5 Å². The largest absolute Gasteiger partial charge is 0.373 e. The van der Waals surface area contributed by atoms with Crippen LogP contribution in [0.4, 0.5) is 5.69 Å². The summed E-state index contributed by atoms with van der Waals surface area (Å²) in [6.07, 6.45) is 0. The Morgan fingerprint density at radius 2 is 1.71 bits per heavy atom. The maximum absolute atomic E-state index is 5.96. The van der Waals surface area contributed by atoms with Gasteiger partial charge in [-0.25, -0.2) is 0 Å². The topological polar surface area (TPSA) is 29.3 Å². The van der Waals surface area contributed by atoms with Gasteiger partial charge in [0, 0.05) is 24.8 Å². The molecule has 0 spiro atoms. The summed E-state index contributed by atoms with van der Waals surface area (Å²) in [5, 5.41) is 0. The summed E-state index contributed by atoms with van der Waals surface area (Å²) in [6.45, 7) is 7.03. The Kier molecular flexibility index (Phi) is 3.17. The molecule has 0 aliphatic rings. The first kappa shape index (κ1) is 11.1. The predicted octanol–water partition coefficient (Wildman–Crippen LogP) is 2.17. The molecule has 1 rings (SSSR count). The Bertz CT molecular complexity index is 282. The quantitative estimate of drug-likeness (QED) is 0.795. The summed E-state index contributed by atoms with van der Waals surface area (Å²) < 4.78 is 0. The van der Waals surface area contributed by atoms with Crippen LogP contribution in [0.15, 0.2) is 24.3 Å². The summed E-state index contributed by atoms with van der Waals surface area (Å²) in [6, 6.07) is 8.49. The molecule has 0 unspecified atom stereocenters. The van der Waals surface area contributed by atoms with Crippen molar-refractivity contribution in [1.82, 2.24) is 0 Å². The van der Waals surface area contributed by atoms with E-state index >= 15 is 0 Å². The fraction of sp³-hybridized carbons (Fsp3) is 0.500. The minimum absolute atomic E-state index is 0.153. The van der Waals surface area contributed by atoms with Gasteiger partial charge in [-0.3, -0.25) is 0 Å². The second-order valence-electron chi connectivity index (χ2n) is 4.68. The van der Waals surface area contributed by atoms with Crippen LogP contribution in [0.2, 0.25) is 0 Å². The lowest BCUT2D eigenvalue weighted by Crippen LogP contribution is -2.44. The lowest BCUT2D eigenvalue weighted by atomic mass is 10.1. The molecule has 2 nitrogen and oxygen atoms in total. The number of nitrogens with two attached hydrogens (primary N) is 1. The molecule has 0 aliphatic heterocycles. The molecule has 1 aromatic carbocycles. The Labute approximate surface area is 86.7 Å². The molecule has 2 N–H and O–H groups in total. The summed E-state index contributed by atoms with van der Waals surface area (Å²) in [7, 11) is 2.07. The second kappa shape index (κ2) is 4.01. The van der Waals surface area contributed by atoms with Crippen molar-refractivity contribution in [3.8, 4) is 0 Å².